The van der Waals surface area contributed by atoms with Gasteiger partial charge < -0.3 is 34.9 Å². The third kappa shape index (κ3) is 10.2. The Morgan fingerprint density at radius 3 is 2.38 bits per heavy atom. The molecule has 0 spiro atoms. The fraction of sp³-hybridized carbons (Fsp3) is 0.444. The molecule has 3 amide bonds. The maximum Gasteiger partial charge on any atom is 0.323 e. The highest BCUT2D eigenvalue weighted by Crippen LogP contribution is 2.29. The molecule has 0 radical (unpaired) electrons. The Bertz CT molecular complexity index is 1690. The Hall–Kier alpha value is -4.24. The molecular weight excluding hydrogens is 667 g/mol. The molecule has 272 valence electrons. The maximum atomic E-state index is 14.4. The van der Waals surface area contributed by atoms with Crippen LogP contribution in [-0.4, -0.2) is 93.4 Å². The van der Waals surface area contributed by atoms with Gasteiger partial charge in [0.25, 0.3) is 5.91 Å². The summed E-state index contributed by atoms with van der Waals surface area (Å²) in [5.41, 5.74) is 0.870. The second kappa shape index (κ2) is 17.6. The number of nitrogens with one attached hydrogen (secondary N) is 2. The van der Waals surface area contributed by atoms with E-state index in [0.29, 0.717) is 42.3 Å². The van der Waals surface area contributed by atoms with Crippen molar-refractivity contribution in [1.82, 2.24) is 9.21 Å². The minimum atomic E-state index is -3.87. The molecule has 0 fully saturated rings. The van der Waals surface area contributed by atoms with Gasteiger partial charge in [-0.3, -0.25) is 4.79 Å². The van der Waals surface area contributed by atoms with Crippen molar-refractivity contribution in [2.24, 2.45) is 5.92 Å². The lowest BCUT2D eigenvalue weighted by molar-refractivity contribution is -0.00834. The largest absolute Gasteiger partial charge is 0.497 e. The van der Waals surface area contributed by atoms with Gasteiger partial charge in [0.2, 0.25) is 10.0 Å². The van der Waals surface area contributed by atoms with E-state index >= 15 is 0 Å². The van der Waals surface area contributed by atoms with Gasteiger partial charge in [0.1, 0.15) is 17.3 Å². The molecule has 0 saturated heterocycles. The van der Waals surface area contributed by atoms with Crippen LogP contribution in [0, 0.1) is 11.7 Å². The van der Waals surface area contributed by atoms with Gasteiger partial charge in [-0.25, -0.2) is 17.6 Å². The first-order chi connectivity index (χ1) is 23.8. The minimum Gasteiger partial charge on any atom is -0.497 e. The number of aliphatic hydroxyl groups excluding tert-OH is 1. The number of carbonyl (C=O) groups is 2. The van der Waals surface area contributed by atoms with Crippen LogP contribution in [0.15, 0.2) is 71.6 Å². The number of fused-ring (bicyclic) bond motifs is 1. The molecule has 0 aromatic heterocycles. The number of nitrogens with zero attached hydrogens (tertiary/aromatic N) is 2. The fourth-order valence-electron chi connectivity index (χ4n) is 5.57. The van der Waals surface area contributed by atoms with Gasteiger partial charge in [0.05, 0.1) is 42.4 Å². The first-order valence-electron chi connectivity index (χ1n) is 16.6. The van der Waals surface area contributed by atoms with Gasteiger partial charge in [-0.05, 0) is 99.8 Å². The third-order valence-corrected chi connectivity index (χ3v) is 10.5. The minimum absolute atomic E-state index is 0.0262. The molecule has 0 saturated carbocycles. The second-order valence-corrected chi connectivity index (χ2v) is 14.6. The van der Waals surface area contributed by atoms with E-state index in [-0.39, 0.29) is 42.2 Å². The maximum absolute atomic E-state index is 14.4. The summed E-state index contributed by atoms with van der Waals surface area (Å²) in [6, 6.07) is 15.0. The van der Waals surface area contributed by atoms with Crippen LogP contribution in [0.25, 0.3) is 0 Å². The lowest BCUT2D eigenvalue weighted by atomic mass is 10.0. The highest BCUT2D eigenvalue weighted by Gasteiger charge is 2.32. The highest BCUT2D eigenvalue weighted by molar-refractivity contribution is 7.89. The van der Waals surface area contributed by atoms with Gasteiger partial charge in [-0.1, -0.05) is 6.92 Å². The summed E-state index contributed by atoms with van der Waals surface area (Å²) in [4.78, 5) is 28.8. The Balaban J connectivity index is 1.61. The summed E-state index contributed by atoms with van der Waals surface area (Å²) in [6.45, 7) is 5.70. The Labute approximate surface area is 293 Å². The number of methoxy groups -OCH3 is 1. The van der Waals surface area contributed by atoms with E-state index in [4.69, 9.17) is 14.2 Å². The molecule has 3 aromatic rings. The van der Waals surface area contributed by atoms with Crippen molar-refractivity contribution in [1.29, 1.82) is 0 Å². The molecule has 4 atom stereocenters. The normalized spacial score (nSPS) is 19.9. The zero-order chi connectivity index (χ0) is 36.4. The average molecular weight is 715 g/mol. The molecule has 3 aromatic carbocycles. The highest BCUT2D eigenvalue weighted by atomic mass is 32.2. The molecule has 0 unspecified atom stereocenters. The third-order valence-electron chi connectivity index (χ3n) is 8.62. The van der Waals surface area contributed by atoms with Gasteiger partial charge in [-0.15, -0.1) is 0 Å². The molecule has 0 aliphatic carbocycles. The Kier molecular flexibility index (Phi) is 13.6. The number of carbonyl (C=O) groups excluding carboxylic acids is 2. The van der Waals surface area contributed by atoms with Gasteiger partial charge >= 0.3 is 6.03 Å². The predicted octanol–water partition coefficient (Wildman–Crippen LogP) is 5.59. The molecule has 0 bridgehead atoms. The van der Waals surface area contributed by atoms with Crippen LogP contribution in [0.5, 0.6) is 11.5 Å². The summed E-state index contributed by atoms with van der Waals surface area (Å²) in [7, 11) is -0.870. The topological polar surface area (TPSA) is 147 Å². The summed E-state index contributed by atoms with van der Waals surface area (Å²) in [6.07, 6.45) is 1.29. The number of ether oxygens (including phenoxy) is 3. The summed E-state index contributed by atoms with van der Waals surface area (Å²) < 4.78 is 59.3. The SMILES string of the molecule is COc1ccc(S(=O)(=O)N(C)C[C@@H]2OCCCC[C@H](C)Oc3ccc(NC(=O)Nc4ccc(F)cc4)cc3C(=O)N([C@H](C)CO)C[C@H]2C)cc1. The molecule has 12 nitrogen and oxygen atoms in total. The standard InChI is InChI=1S/C36H47FN4O8S/c1-24-21-41(25(2)23-42)35(43)32-20-29(39-36(44)38-28-11-9-27(37)10-12-28)13-18-33(32)49-26(3)8-6-7-19-48-34(24)22-40(4)50(45,46)31-16-14-30(47-5)15-17-31/h9-18,20,24-26,34,42H,6-8,19,21-23H2,1-5H3,(H2,38,39,44)/t24-,25-,26+,34+/m1/s1. The van der Waals surface area contributed by atoms with E-state index in [1.54, 1.807) is 31.2 Å². The van der Waals surface area contributed by atoms with E-state index in [1.807, 2.05) is 13.8 Å². The van der Waals surface area contributed by atoms with E-state index in [0.717, 1.165) is 6.42 Å². The van der Waals surface area contributed by atoms with Crippen LogP contribution in [0.3, 0.4) is 0 Å². The van der Waals surface area contributed by atoms with Gasteiger partial charge in [-0.2, -0.15) is 4.31 Å². The second-order valence-electron chi connectivity index (χ2n) is 12.6. The van der Waals surface area contributed by atoms with Crippen molar-refractivity contribution in [2.75, 3.05) is 51.1 Å². The smallest absolute Gasteiger partial charge is 0.323 e. The number of hydrogen-bond acceptors (Lipinski definition) is 8. The lowest BCUT2D eigenvalue weighted by Crippen LogP contribution is -2.48. The number of halogens is 1. The number of hydrogen-bond donors (Lipinski definition) is 3. The number of urea groups is 1. The van der Waals surface area contributed by atoms with Gasteiger partial charge in [0, 0.05) is 44.0 Å². The number of benzene rings is 3. The number of likely N-dealkylation sites (N-methyl/N-ethyl adjacent to an activating group) is 1. The summed E-state index contributed by atoms with van der Waals surface area (Å²) in [5, 5.41) is 15.6. The van der Waals surface area contributed by atoms with Crippen molar-refractivity contribution < 1.29 is 41.7 Å². The number of aliphatic hydroxyl groups is 1. The number of rotatable bonds is 9. The molecule has 1 aliphatic heterocycles. The lowest BCUT2D eigenvalue weighted by Gasteiger charge is -2.35. The van der Waals surface area contributed by atoms with Crippen LogP contribution in [0.1, 0.15) is 50.4 Å². The zero-order valence-electron chi connectivity index (χ0n) is 29.1. The molecule has 50 heavy (non-hydrogen) atoms. The van der Waals surface area contributed by atoms with E-state index in [9.17, 15) is 27.5 Å². The average Bonchev–Trinajstić information content (AvgIpc) is 3.10. The molecule has 4 rings (SSSR count). The molecule has 1 heterocycles. The Morgan fingerprint density at radius 1 is 1.06 bits per heavy atom. The monoisotopic (exact) mass is 714 g/mol. The van der Waals surface area contributed by atoms with Crippen molar-refractivity contribution in [3.63, 3.8) is 0 Å². The summed E-state index contributed by atoms with van der Waals surface area (Å²) >= 11 is 0. The van der Waals surface area contributed by atoms with Crippen LogP contribution in [-0.2, 0) is 14.8 Å². The molecule has 3 N–H and O–H groups in total. The van der Waals surface area contributed by atoms with Gasteiger partial charge in [0.15, 0.2) is 0 Å². The molecular formula is C36H47FN4O8S. The van der Waals surface area contributed by atoms with E-state index in [1.165, 1.54) is 65.8 Å². The number of anilines is 2. The number of amides is 3. The van der Waals surface area contributed by atoms with Crippen molar-refractivity contribution in [3.05, 3.63) is 78.1 Å². The molecule has 14 heteroatoms. The van der Waals surface area contributed by atoms with Crippen molar-refractivity contribution in [3.8, 4) is 11.5 Å². The Morgan fingerprint density at radius 2 is 1.72 bits per heavy atom. The predicted molar refractivity (Wildman–Crippen MR) is 189 cm³/mol. The quantitative estimate of drug-likeness (QED) is 0.260. The fourth-order valence-corrected chi connectivity index (χ4v) is 6.75. The van der Waals surface area contributed by atoms with Crippen molar-refractivity contribution in [2.45, 2.75) is 63.2 Å². The van der Waals surface area contributed by atoms with Crippen LogP contribution in [0.2, 0.25) is 0 Å². The summed E-state index contributed by atoms with van der Waals surface area (Å²) in [5.74, 6) is -0.386. The zero-order valence-corrected chi connectivity index (χ0v) is 29.9. The van der Waals surface area contributed by atoms with Crippen molar-refractivity contribution >= 4 is 33.3 Å². The number of sulfonamides is 1. The first-order valence-corrected chi connectivity index (χ1v) is 18.0. The van der Waals surface area contributed by atoms with E-state index in [2.05, 4.69) is 10.6 Å². The van der Waals surface area contributed by atoms with Crippen LogP contribution < -0.4 is 20.1 Å². The van der Waals surface area contributed by atoms with Crippen LogP contribution >= 0.6 is 0 Å². The van der Waals surface area contributed by atoms with E-state index < -0.39 is 39.9 Å². The first kappa shape index (κ1) is 38.6. The molecule has 1 aliphatic rings. The van der Waals surface area contributed by atoms with Crippen LogP contribution in [0.4, 0.5) is 20.6 Å².